The van der Waals surface area contributed by atoms with E-state index in [1.165, 1.54) is 22.7 Å². The van der Waals surface area contributed by atoms with Crippen LogP contribution in [-0.2, 0) is 18.9 Å². The van der Waals surface area contributed by atoms with E-state index < -0.39 is 0 Å². The van der Waals surface area contributed by atoms with Crippen molar-refractivity contribution in [2.75, 3.05) is 67.1 Å². The van der Waals surface area contributed by atoms with E-state index in [2.05, 4.69) is 10.8 Å². The SMILES string of the molecule is COCCOCCOc1[c]sc(-c2cc[c]s2)c1OCCOCCOC. The van der Waals surface area contributed by atoms with Gasteiger partial charge in [0, 0.05) is 24.5 Å². The molecule has 0 amide bonds. The van der Waals surface area contributed by atoms with Gasteiger partial charge in [0.25, 0.3) is 0 Å². The second-order valence-electron chi connectivity index (χ2n) is 5.02. The third-order valence-electron chi connectivity index (χ3n) is 3.17. The highest BCUT2D eigenvalue weighted by Gasteiger charge is 2.18. The summed E-state index contributed by atoms with van der Waals surface area (Å²) in [4.78, 5) is 2.07. The van der Waals surface area contributed by atoms with Crippen molar-refractivity contribution in [2.24, 2.45) is 0 Å². The molecule has 0 N–H and O–H groups in total. The van der Waals surface area contributed by atoms with E-state index in [1.807, 2.05) is 12.1 Å². The van der Waals surface area contributed by atoms with Crippen LogP contribution in [0.5, 0.6) is 11.5 Å². The van der Waals surface area contributed by atoms with Crippen LogP contribution in [0.25, 0.3) is 9.75 Å². The van der Waals surface area contributed by atoms with Gasteiger partial charge in [-0.15, -0.1) is 22.7 Å². The largest absolute Gasteiger partial charge is 0.486 e. The van der Waals surface area contributed by atoms with E-state index in [1.54, 1.807) is 14.2 Å². The van der Waals surface area contributed by atoms with E-state index in [0.29, 0.717) is 64.4 Å². The molecule has 0 saturated heterocycles. The van der Waals surface area contributed by atoms with Crippen molar-refractivity contribution >= 4 is 22.7 Å². The molecule has 0 aromatic carbocycles. The molecule has 0 spiro atoms. The molecule has 0 unspecified atom stereocenters. The minimum atomic E-state index is 0.424. The summed E-state index contributed by atoms with van der Waals surface area (Å²) in [7, 11) is 3.29. The molecule has 8 heteroatoms. The molecule has 0 bridgehead atoms. The van der Waals surface area contributed by atoms with Crippen molar-refractivity contribution in [1.29, 1.82) is 0 Å². The van der Waals surface area contributed by atoms with Crippen LogP contribution in [0.2, 0.25) is 0 Å². The van der Waals surface area contributed by atoms with Crippen LogP contribution in [0.1, 0.15) is 0 Å². The average molecular weight is 401 g/mol. The molecule has 26 heavy (non-hydrogen) atoms. The predicted octanol–water partition coefficient (Wildman–Crippen LogP) is 3.16. The van der Waals surface area contributed by atoms with Crippen molar-refractivity contribution in [3.63, 3.8) is 0 Å². The van der Waals surface area contributed by atoms with Gasteiger partial charge in [-0.05, 0) is 12.1 Å². The van der Waals surface area contributed by atoms with Crippen LogP contribution < -0.4 is 9.47 Å². The third-order valence-corrected chi connectivity index (χ3v) is 5.01. The van der Waals surface area contributed by atoms with Crippen LogP contribution in [0.4, 0.5) is 0 Å². The van der Waals surface area contributed by atoms with Crippen molar-refractivity contribution in [3.8, 4) is 21.3 Å². The second kappa shape index (κ2) is 13.1. The topological polar surface area (TPSA) is 55.4 Å². The highest BCUT2D eigenvalue weighted by molar-refractivity contribution is 7.20. The maximum absolute atomic E-state index is 5.93. The molecule has 0 atom stereocenters. The lowest BCUT2D eigenvalue weighted by atomic mass is 10.3. The lowest BCUT2D eigenvalue weighted by Crippen LogP contribution is -2.12. The molecule has 2 radical (unpaired) electrons. The summed E-state index contributed by atoms with van der Waals surface area (Å²) in [6.45, 7) is 4.05. The summed E-state index contributed by atoms with van der Waals surface area (Å²) >= 11 is 3.01. The van der Waals surface area contributed by atoms with E-state index in [-0.39, 0.29) is 0 Å². The average Bonchev–Trinajstić information content (AvgIpc) is 3.31. The molecule has 144 valence electrons. The molecule has 0 aliphatic heterocycles. The van der Waals surface area contributed by atoms with Crippen LogP contribution in [0.15, 0.2) is 12.1 Å². The van der Waals surface area contributed by atoms with Crippen molar-refractivity contribution in [2.45, 2.75) is 0 Å². The smallest absolute Gasteiger partial charge is 0.181 e. The Morgan fingerprint density at radius 2 is 1.46 bits per heavy atom. The Morgan fingerprint density at radius 1 is 0.808 bits per heavy atom. The van der Waals surface area contributed by atoms with Gasteiger partial charge in [0.05, 0.1) is 49.9 Å². The van der Waals surface area contributed by atoms with E-state index >= 15 is 0 Å². The summed E-state index contributed by atoms with van der Waals surface area (Å²) in [5.74, 6) is 1.30. The van der Waals surface area contributed by atoms with Crippen molar-refractivity contribution in [1.82, 2.24) is 0 Å². The Morgan fingerprint density at radius 3 is 2.08 bits per heavy atom. The molecule has 2 rings (SSSR count). The summed E-state index contributed by atoms with van der Waals surface area (Å²) in [6.07, 6.45) is 0. The van der Waals surface area contributed by atoms with Gasteiger partial charge < -0.3 is 28.4 Å². The summed E-state index contributed by atoms with van der Waals surface area (Å²) in [5, 5.41) is 6.27. The minimum Gasteiger partial charge on any atom is -0.486 e. The number of rotatable bonds is 15. The number of hydrogen-bond donors (Lipinski definition) is 0. The quantitative estimate of drug-likeness (QED) is 0.428. The van der Waals surface area contributed by atoms with E-state index in [4.69, 9.17) is 28.4 Å². The van der Waals surface area contributed by atoms with Crippen LogP contribution in [-0.4, -0.2) is 67.1 Å². The summed E-state index contributed by atoms with van der Waals surface area (Å²) < 4.78 is 32.5. The van der Waals surface area contributed by atoms with Gasteiger partial charge >= 0.3 is 0 Å². The Kier molecular flexibility index (Phi) is 10.6. The van der Waals surface area contributed by atoms with Gasteiger partial charge in [0.1, 0.15) is 13.2 Å². The summed E-state index contributed by atoms with van der Waals surface area (Å²) in [5.41, 5.74) is 0. The van der Waals surface area contributed by atoms with Crippen LogP contribution in [0.3, 0.4) is 0 Å². The van der Waals surface area contributed by atoms with Crippen molar-refractivity contribution in [3.05, 3.63) is 22.9 Å². The number of thiophene rings is 2. The van der Waals surface area contributed by atoms with E-state index in [0.717, 1.165) is 9.75 Å². The standard InChI is InChI=1S/C18H24O6S2/c1-19-5-7-21-9-11-23-15-14-26-18(16-4-3-13-25-16)17(15)24-12-10-22-8-6-20-2/h3-4H,5-12H2,1-2H3. The van der Waals surface area contributed by atoms with Gasteiger partial charge in [-0.3, -0.25) is 0 Å². The van der Waals surface area contributed by atoms with Crippen molar-refractivity contribution < 1.29 is 28.4 Å². The predicted molar refractivity (Wildman–Crippen MR) is 102 cm³/mol. The molecular weight excluding hydrogens is 376 g/mol. The van der Waals surface area contributed by atoms with E-state index in [9.17, 15) is 0 Å². The maximum atomic E-state index is 5.93. The Bertz CT molecular complexity index is 585. The van der Waals surface area contributed by atoms with Crippen LogP contribution >= 0.6 is 22.7 Å². The second-order valence-corrected chi connectivity index (χ2v) is 6.71. The fourth-order valence-corrected chi connectivity index (χ4v) is 3.53. The monoisotopic (exact) mass is 400 g/mol. The maximum Gasteiger partial charge on any atom is 0.181 e. The first kappa shape index (κ1) is 21.1. The molecule has 2 aromatic rings. The highest BCUT2D eigenvalue weighted by Crippen LogP contribution is 2.45. The van der Waals surface area contributed by atoms with Gasteiger partial charge in [-0.25, -0.2) is 0 Å². The Balaban J connectivity index is 1.87. The van der Waals surface area contributed by atoms with Crippen LogP contribution in [0, 0.1) is 10.8 Å². The first-order valence-corrected chi connectivity index (χ1v) is 9.89. The zero-order chi connectivity index (χ0) is 18.5. The Hall–Kier alpha value is -1.16. The fourth-order valence-electron chi connectivity index (χ4n) is 1.94. The normalized spacial score (nSPS) is 11.0. The van der Waals surface area contributed by atoms with Gasteiger partial charge in [0.15, 0.2) is 11.5 Å². The number of hydrogen-bond acceptors (Lipinski definition) is 8. The zero-order valence-electron chi connectivity index (χ0n) is 15.1. The summed E-state index contributed by atoms with van der Waals surface area (Å²) in [6, 6.07) is 3.89. The third kappa shape index (κ3) is 7.22. The molecular formula is C18H24O6S2. The molecule has 2 heterocycles. The molecule has 2 aromatic heterocycles. The molecule has 0 aliphatic carbocycles. The first-order valence-electron chi connectivity index (χ1n) is 8.26. The molecule has 0 fully saturated rings. The van der Waals surface area contributed by atoms with Gasteiger partial charge in [0.2, 0.25) is 0 Å². The lowest BCUT2D eigenvalue weighted by Gasteiger charge is -2.11. The number of methoxy groups -OCH3 is 2. The zero-order valence-corrected chi connectivity index (χ0v) is 16.7. The molecule has 0 aliphatic rings. The fraction of sp³-hybridized carbons (Fsp3) is 0.556. The Labute approximate surface area is 162 Å². The molecule has 0 saturated carbocycles. The van der Waals surface area contributed by atoms with Gasteiger partial charge in [-0.2, -0.15) is 0 Å². The first-order chi connectivity index (χ1) is 12.9. The highest BCUT2D eigenvalue weighted by atomic mass is 32.1. The number of ether oxygens (including phenoxy) is 6. The van der Waals surface area contributed by atoms with Gasteiger partial charge in [-0.1, -0.05) is 0 Å². The molecule has 6 nitrogen and oxygen atoms in total. The minimum absolute atomic E-state index is 0.424. The lowest BCUT2D eigenvalue weighted by molar-refractivity contribution is 0.0501.